The van der Waals surface area contributed by atoms with Crippen LogP contribution in [0.5, 0.6) is 0 Å². The van der Waals surface area contributed by atoms with Gasteiger partial charge in [0.15, 0.2) is 0 Å². The van der Waals surface area contributed by atoms with Gasteiger partial charge in [-0.1, -0.05) is 6.92 Å². The van der Waals surface area contributed by atoms with Crippen molar-refractivity contribution in [2.75, 3.05) is 18.4 Å². The molecule has 1 heterocycles. The number of rotatable bonds is 5. The van der Waals surface area contributed by atoms with E-state index in [1.165, 1.54) is 6.07 Å². The third-order valence-electron chi connectivity index (χ3n) is 4.49. The molecule has 1 aromatic carbocycles. The summed E-state index contributed by atoms with van der Waals surface area (Å²) >= 11 is 0. The highest BCUT2D eigenvalue weighted by molar-refractivity contribution is 5.91. The van der Waals surface area contributed by atoms with Crippen molar-refractivity contribution >= 4 is 11.6 Å². The average molecular weight is 343 g/mol. The van der Waals surface area contributed by atoms with E-state index in [1.54, 1.807) is 0 Å². The van der Waals surface area contributed by atoms with Gasteiger partial charge in [-0.15, -0.1) is 0 Å². The minimum atomic E-state index is -4.47. The standard InChI is InChI=1S/C17H24F3N3O/c1-11(13-3-2-4-22-10-13)5-16(24)23-15-7-12(9-21)6-14(8-15)17(18,19)20/h6-8,11,13,22H,2-5,9-10,21H2,1H3,(H,23,24). The van der Waals surface area contributed by atoms with Gasteiger partial charge in [0.25, 0.3) is 0 Å². The summed E-state index contributed by atoms with van der Waals surface area (Å²) in [5.41, 5.74) is 5.13. The number of hydrogen-bond acceptors (Lipinski definition) is 3. The maximum absolute atomic E-state index is 12.9. The second-order valence-corrected chi connectivity index (χ2v) is 6.46. The Morgan fingerprint density at radius 3 is 2.75 bits per heavy atom. The summed E-state index contributed by atoms with van der Waals surface area (Å²) in [5, 5.41) is 5.89. The van der Waals surface area contributed by atoms with E-state index in [2.05, 4.69) is 10.6 Å². The zero-order valence-electron chi connectivity index (χ0n) is 13.7. The molecule has 4 N–H and O–H groups in total. The predicted molar refractivity (Wildman–Crippen MR) is 87.3 cm³/mol. The lowest BCUT2D eigenvalue weighted by molar-refractivity contribution is -0.137. The van der Waals surface area contributed by atoms with Crippen LogP contribution in [0.2, 0.25) is 0 Å². The summed E-state index contributed by atoms with van der Waals surface area (Å²) in [5.74, 6) is 0.332. The van der Waals surface area contributed by atoms with Gasteiger partial charge in [-0.05, 0) is 61.5 Å². The Hall–Kier alpha value is -1.60. The number of carbonyl (C=O) groups is 1. The fourth-order valence-electron chi connectivity index (χ4n) is 3.08. The highest BCUT2D eigenvalue weighted by Crippen LogP contribution is 2.32. The van der Waals surface area contributed by atoms with E-state index < -0.39 is 11.7 Å². The molecule has 1 amide bonds. The van der Waals surface area contributed by atoms with Gasteiger partial charge >= 0.3 is 6.18 Å². The van der Waals surface area contributed by atoms with Crippen molar-refractivity contribution in [2.45, 2.75) is 38.9 Å². The molecule has 1 aliphatic heterocycles. The van der Waals surface area contributed by atoms with E-state index in [9.17, 15) is 18.0 Å². The average Bonchev–Trinajstić information content (AvgIpc) is 2.54. The van der Waals surface area contributed by atoms with E-state index in [1.807, 2.05) is 6.92 Å². The third-order valence-corrected chi connectivity index (χ3v) is 4.49. The first-order chi connectivity index (χ1) is 11.3. The first kappa shape index (κ1) is 18.7. The van der Waals surface area contributed by atoms with Gasteiger partial charge in [-0.3, -0.25) is 4.79 Å². The Morgan fingerprint density at radius 1 is 1.42 bits per heavy atom. The molecule has 1 aromatic rings. The molecule has 2 atom stereocenters. The van der Waals surface area contributed by atoms with Gasteiger partial charge in [-0.2, -0.15) is 13.2 Å². The molecule has 0 radical (unpaired) electrons. The van der Waals surface area contributed by atoms with E-state index in [0.717, 1.165) is 38.1 Å². The zero-order chi connectivity index (χ0) is 17.7. The Labute approximate surface area is 140 Å². The highest BCUT2D eigenvalue weighted by atomic mass is 19.4. The smallest absolute Gasteiger partial charge is 0.326 e. The lowest BCUT2D eigenvalue weighted by atomic mass is 9.85. The molecule has 0 spiro atoms. The molecule has 1 saturated heterocycles. The monoisotopic (exact) mass is 343 g/mol. The van der Waals surface area contributed by atoms with Gasteiger partial charge in [0.2, 0.25) is 5.91 Å². The number of nitrogens with one attached hydrogen (secondary N) is 2. The maximum Gasteiger partial charge on any atom is 0.416 e. The fourth-order valence-corrected chi connectivity index (χ4v) is 3.08. The summed E-state index contributed by atoms with van der Waals surface area (Å²) in [7, 11) is 0. The van der Waals surface area contributed by atoms with Crippen LogP contribution in [0.15, 0.2) is 18.2 Å². The molecule has 0 aromatic heterocycles. The van der Waals surface area contributed by atoms with Crippen LogP contribution in [-0.2, 0) is 17.5 Å². The number of hydrogen-bond donors (Lipinski definition) is 3. The lowest BCUT2D eigenvalue weighted by Gasteiger charge is -2.28. The van der Waals surface area contributed by atoms with Crippen LogP contribution < -0.4 is 16.4 Å². The van der Waals surface area contributed by atoms with Crippen LogP contribution in [0.25, 0.3) is 0 Å². The summed E-state index contributed by atoms with van der Waals surface area (Å²) < 4.78 is 38.7. The summed E-state index contributed by atoms with van der Waals surface area (Å²) in [6, 6.07) is 3.44. The van der Waals surface area contributed by atoms with Crippen molar-refractivity contribution in [2.24, 2.45) is 17.6 Å². The molecule has 1 aliphatic rings. The topological polar surface area (TPSA) is 67.2 Å². The molecule has 0 bridgehead atoms. The minimum Gasteiger partial charge on any atom is -0.326 e. The quantitative estimate of drug-likeness (QED) is 0.769. The van der Waals surface area contributed by atoms with Gasteiger partial charge in [0.05, 0.1) is 5.56 Å². The number of amides is 1. The number of piperidine rings is 1. The van der Waals surface area contributed by atoms with Crippen molar-refractivity contribution in [3.63, 3.8) is 0 Å². The first-order valence-corrected chi connectivity index (χ1v) is 8.21. The second kappa shape index (κ2) is 7.98. The van der Waals surface area contributed by atoms with Gasteiger partial charge in [0, 0.05) is 18.7 Å². The van der Waals surface area contributed by atoms with Crippen molar-refractivity contribution < 1.29 is 18.0 Å². The van der Waals surface area contributed by atoms with E-state index in [-0.39, 0.29) is 24.1 Å². The summed E-state index contributed by atoms with van der Waals surface area (Å²) in [4.78, 5) is 12.2. The Morgan fingerprint density at radius 2 is 2.17 bits per heavy atom. The SMILES string of the molecule is CC(CC(=O)Nc1cc(CN)cc(C(F)(F)F)c1)C1CCCNC1. The van der Waals surface area contributed by atoms with Crippen LogP contribution in [0, 0.1) is 11.8 Å². The van der Waals surface area contributed by atoms with Crippen molar-refractivity contribution in [3.05, 3.63) is 29.3 Å². The second-order valence-electron chi connectivity index (χ2n) is 6.46. The number of alkyl halides is 3. The number of benzene rings is 1. The molecular formula is C17H24F3N3O. The van der Waals surface area contributed by atoms with Crippen LogP contribution in [0.1, 0.15) is 37.3 Å². The molecule has 4 nitrogen and oxygen atoms in total. The van der Waals surface area contributed by atoms with Gasteiger partial charge in [-0.25, -0.2) is 0 Å². The maximum atomic E-state index is 12.9. The molecule has 7 heteroatoms. The summed E-state index contributed by atoms with van der Waals surface area (Å²) in [6.45, 7) is 3.88. The van der Waals surface area contributed by atoms with Crippen LogP contribution in [0.4, 0.5) is 18.9 Å². The molecule has 1 fully saturated rings. The normalized spacial score (nSPS) is 19.8. The number of nitrogens with two attached hydrogens (primary N) is 1. The van der Waals surface area contributed by atoms with Crippen LogP contribution >= 0.6 is 0 Å². The Kier molecular flexibility index (Phi) is 6.23. The van der Waals surface area contributed by atoms with Crippen molar-refractivity contribution in [1.29, 1.82) is 0 Å². The van der Waals surface area contributed by atoms with E-state index in [4.69, 9.17) is 5.73 Å². The van der Waals surface area contributed by atoms with Gasteiger partial charge < -0.3 is 16.4 Å². The third kappa shape index (κ3) is 5.21. The molecule has 2 rings (SSSR count). The van der Waals surface area contributed by atoms with Crippen molar-refractivity contribution in [3.8, 4) is 0 Å². The van der Waals surface area contributed by atoms with E-state index in [0.29, 0.717) is 17.9 Å². The predicted octanol–water partition coefficient (Wildman–Crippen LogP) is 3.13. The van der Waals surface area contributed by atoms with Crippen LogP contribution in [-0.4, -0.2) is 19.0 Å². The van der Waals surface area contributed by atoms with Crippen LogP contribution in [0.3, 0.4) is 0 Å². The first-order valence-electron chi connectivity index (χ1n) is 8.21. The zero-order valence-corrected chi connectivity index (χ0v) is 13.7. The van der Waals surface area contributed by atoms with E-state index >= 15 is 0 Å². The molecular weight excluding hydrogens is 319 g/mol. The Bertz CT molecular complexity index is 569. The van der Waals surface area contributed by atoms with Crippen molar-refractivity contribution in [1.82, 2.24) is 5.32 Å². The fraction of sp³-hybridized carbons (Fsp3) is 0.588. The molecule has 0 aliphatic carbocycles. The molecule has 0 saturated carbocycles. The number of halogens is 3. The highest BCUT2D eigenvalue weighted by Gasteiger charge is 2.31. The largest absolute Gasteiger partial charge is 0.416 e. The number of carbonyl (C=O) groups excluding carboxylic acids is 1. The van der Waals surface area contributed by atoms with Gasteiger partial charge in [0.1, 0.15) is 0 Å². The lowest BCUT2D eigenvalue weighted by Crippen LogP contribution is -2.34. The number of anilines is 1. The molecule has 134 valence electrons. The summed E-state index contributed by atoms with van der Waals surface area (Å²) in [6.07, 6.45) is -2.02. The minimum absolute atomic E-state index is 0.0169. The molecule has 24 heavy (non-hydrogen) atoms. The Balaban J connectivity index is 2.02. The molecule has 2 unspecified atom stereocenters.